The van der Waals surface area contributed by atoms with E-state index in [1.54, 1.807) is 37.3 Å². The summed E-state index contributed by atoms with van der Waals surface area (Å²) in [5.74, 6) is 0.948. The van der Waals surface area contributed by atoms with Gasteiger partial charge in [-0.05, 0) is 67.9 Å². The standard InChI is InChI=1S/C23H23ClN2O5S/c1-15-13-19(10-12-21(15)30-3)32(28,29)26-16(2)23(27)25-20-14-17(24)9-11-22(20)31-18-7-5-4-6-8-18/h4-14,16,26H,1-3H3,(H,25,27)/t16-/m0/s1. The molecule has 32 heavy (non-hydrogen) atoms. The van der Waals surface area contributed by atoms with Crippen LogP contribution in [0.5, 0.6) is 17.2 Å². The minimum absolute atomic E-state index is 0.0336. The first-order valence-electron chi connectivity index (χ1n) is 9.70. The molecule has 0 aliphatic carbocycles. The number of methoxy groups -OCH3 is 1. The fourth-order valence-corrected chi connectivity index (χ4v) is 4.38. The molecule has 0 aromatic heterocycles. The molecule has 1 atom stereocenters. The van der Waals surface area contributed by atoms with Crippen molar-refractivity contribution in [3.05, 3.63) is 77.3 Å². The van der Waals surface area contributed by atoms with Gasteiger partial charge in [0.15, 0.2) is 5.75 Å². The molecule has 2 N–H and O–H groups in total. The quantitative estimate of drug-likeness (QED) is 0.491. The molecule has 0 unspecified atom stereocenters. The van der Waals surface area contributed by atoms with Gasteiger partial charge in [-0.25, -0.2) is 8.42 Å². The smallest absolute Gasteiger partial charge is 0.242 e. The van der Waals surface area contributed by atoms with E-state index in [1.807, 2.05) is 18.2 Å². The predicted octanol–water partition coefficient (Wildman–Crippen LogP) is 4.75. The first-order chi connectivity index (χ1) is 15.2. The van der Waals surface area contributed by atoms with Crippen molar-refractivity contribution in [2.24, 2.45) is 0 Å². The van der Waals surface area contributed by atoms with E-state index < -0.39 is 22.0 Å². The Kier molecular flexibility index (Phi) is 7.40. The monoisotopic (exact) mass is 474 g/mol. The molecule has 9 heteroatoms. The van der Waals surface area contributed by atoms with Crippen LogP contribution in [0, 0.1) is 6.92 Å². The summed E-state index contributed by atoms with van der Waals surface area (Å²) in [7, 11) is -2.43. The summed E-state index contributed by atoms with van der Waals surface area (Å²) in [6.45, 7) is 3.19. The lowest BCUT2D eigenvalue weighted by atomic mass is 10.2. The Bertz CT molecular complexity index is 1220. The first kappa shape index (κ1) is 23.6. The van der Waals surface area contributed by atoms with E-state index in [9.17, 15) is 13.2 Å². The highest BCUT2D eigenvalue weighted by atomic mass is 35.5. The number of hydrogen-bond donors (Lipinski definition) is 2. The molecule has 0 fully saturated rings. The number of benzene rings is 3. The first-order valence-corrected chi connectivity index (χ1v) is 11.6. The van der Waals surface area contributed by atoms with Gasteiger partial charge in [0, 0.05) is 5.02 Å². The summed E-state index contributed by atoms with van der Waals surface area (Å²) >= 11 is 6.08. The Labute approximate surface area is 192 Å². The van der Waals surface area contributed by atoms with Gasteiger partial charge in [0.2, 0.25) is 15.9 Å². The lowest BCUT2D eigenvalue weighted by Gasteiger charge is -2.17. The highest BCUT2D eigenvalue weighted by Crippen LogP contribution is 2.32. The fraction of sp³-hybridized carbons (Fsp3) is 0.174. The van der Waals surface area contributed by atoms with Gasteiger partial charge in [-0.1, -0.05) is 29.8 Å². The Morgan fingerprint density at radius 2 is 1.69 bits per heavy atom. The van der Waals surface area contributed by atoms with Crippen molar-refractivity contribution >= 4 is 33.2 Å². The molecule has 7 nitrogen and oxygen atoms in total. The van der Waals surface area contributed by atoms with Gasteiger partial charge in [-0.3, -0.25) is 4.79 Å². The van der Waals surface area contributed by atoms with E-state index in [1.165, 1.54) is 32.2 Å². The van der Waals surface area contributed by atoms with Crippen LogP contribution in [0.25, 0.3) is 0 Å². The molecule has 3 rings (SSSR count). The molecule has 3 aromatic carbocycles. The molecule has 0 bridgehead atoms. The Morgan fingerprint density at radius 1 is 1.00 bits per heavy atom. The van der Waals surface area contributed by atoms with E-state index >= 15 is 0 Å². The number of sulfonamides is 1. The third kappa shape index (κ3) is 5.79. The molecule has 0 saturated heterocycles. The Balaban J connectivity index is 1.75. The molecule has 1 amide bonds. The van der Waals surface area contributed by atoms with Crippen LogP contribution in [0.1, 0.15) is 12.5 Å². The summed E-state index contributed by atoms with van der Waals surface area (Å²) in [4.78, 5) is 12.8. The number of amides is 1. The van der Waals surface area contributed by atoms with Crippen molar-refractivity contribution in [2.45, 2.75) is 24.8 Å². The highest BCUT2D eigenvalue weighted by molar-refractivity contribution is 7.89. The van der Waals surface area contributed by atoms with E-state index in [4.69, 9.17) is 21.1 Å². The van der Waals surface area contributed by atoms with Crippen LogP contribution in [-0.2, 0) is 14.8 Å². The minimum Gasteiger partial charge on any atom is -0.496 e. The third-order valence-corrected chi connectivity index (χ3v) is 6.35. The van der Waals surface area contributed by atoms with Crippen LogP contribution in [0.15, 0.2) is 71.6 Å². The molecule has 3 aromatic rings. The maximum atomic E-state index is 12.7. The van der Waals surface area contributed by atoms with Crippen LogP contribution in [-0.4, -0.2) is 27.5 Å². The van der Waals surface area contributed by atoms with E-state index in [0.717, 1.165) is 0 Å². The van der Waals surface area contributed by atoms with Crippen molar-refractivity contribution in [3.8, 4) is 17.2 Å². The topological polar surface area (TPSA) is 93.7 Å². The number of halogens is 1. The lowest BCUT2D eigenvalue weighted by Crippen LogP contribution is -2.41. The minimum atomic E-state index is -3.93. The number of ether oxygens (including phenoxy) is 2. The molecule has 0 radical (unpaired) electrons. The van der Waals surface area contributed by atoms with Crippen LogP contribution in [0.2, 0.25) is 5.02 Å². The second-order valence-corrected chi connectivity index (χ2v) is 9.17. The van der Waals surface area contributed by atoms with Gasteiger partial charge in [0.1, 0.15) is 11.5 Å². The van der Waals surface area contributed by atoms with Crippen molar-refractivity contribution < 1.29 is 22.7 Å². The van der Waals surface area contributed by atoms with E-state index in [0.29, 0.717) is 33.5 Å². The second kappa shape index (κ2) is 10.0. The molecular weight excluding hydrogens is 452 g/mol. The molecule has 0 heterocycles. The van der Waals surface area contributed by atoms with Crippen molar-refractivity contribution in [1.82, 2.24) is 4.72 Å². The van der Waals surface area contributed by atoms with Crippen molar-refractivity contribution in [3.63, 3.8) is 0 Å². The Hall–Kier alpha value is -3.07. The summed E-state index contributed by atoms with van der Waals surface area (Å²) in [5.41, 5.74) is 0.979. The maximum absolute atomic E-state index is 12.7. The molecule has 0 aliphatic heterocycles. The van der Waals surface area contributed by atoms with Gasteiger partial charge in [0.25, 0.3) is 0 Å². The average Bonchev–Trinajstić information content (AvgIpc) is 2.76. The number of anilines is 1. The zero-order valence-electron chi connectivity index (χ0n) is 17.8. The van der Waals surface area contributed by atoms with Crippen LogP contribution >= 0.6 is 11.6 Å². The van der Waals surface area contributed by atoms with E-state index in [2.05, 4.69) is 10.0 Å². The third-order valence-electron chi connectivity index (χ3n) is 4.57. The normalized spacial score (nSPS) is 12.1. The Morgan fingerprint density at radius 3 is 2.34 bits per heavy atom. The van der Waals surface area contributed by atoms with Crippen molar-refractivity contribution in [2.75, 3.05) is 12.4 Å². The second-order valence-electron chi connectivity index (χ2n) is 7.02. The molecular formula is C23H23ClN2O5S. The van der Waals surface area contributed by atoms with Gasteiger partial charge in [-0.2, -0.15) is 4.72 Å². The number of nitrogens with one attached hydrogen (secondary N) is 2. The fourth-order valence-electron chi connectivity index (χ4n) is 2.92. The average molecular weight is 475 g/mol. The molecule has 0 aliphatic rings. The summed E-state index contributed by atoms with van der Waals surface area (Å²) in [5, 5.41) is 3.07. The summed E-state index contributed by atoms with van der Waals surface area (Å²) < 4.78 is 38.8. The SMILES string of the molecule is COc1ccc(S(=O)(=O)N[C@@H](C)C(=O)Nc2cc(Cl)ccc2Oc2ccccc2)cc1C. The maximum Gasteiger partial charge on any atom is 0.242 e. The summed E-state index contributed by atoms with van der Waals surface area (Å²) in [6.07, 6.45) is 0. The van der Waals surface area contributed by atoms with Crippen molar-refractivity contribution in [1.29, 1.82) is 0 Å². The van der Waals surface area contributed by atoms with Gasteiger partial charge < -0.3 is 14.8 Å². The highest BCUT2D eigenvalue weighted by Gasteiger charge is 2.23. The van der Waals surface area contributed by atoms with Gasteiger partial charge in [0.05, 0.1) is 23.7 Å². The number of rotatable bonds is 8. The van der Waals surface area contributed by atoms with E-state index in [-0.39, 0.29) is 4.90 Å². The van der Waals surface area contributed by atoms with Crippen LogP contribution in [0.3, 0.4) is 0 Å². The summed E-state index contributed by atoms with van der Waals surface area (Å²) in [6, 6.07) is 17.2. The zero-order valence-corrected chi connectivity index (χ0v) is 19.3. The van der Waals surface area contributed by atoms with Crippen LogP contribution < -0.4 is 19.5 Å². The number of aryl methyl sites for hydroxylation is 1. The number of hydrogen-bond acceptors (Lipinski definition) is 5. The molecule has 0 spiro atoms. The number of carbonyl (C=O) groups is 1. The predicted molar refractivity (Wildman–Crippen MR) is 124 cm³/mol. The van der Waals surface area contributed by atoms with Crippen LogP contribution in [0.4, 0.5) is 5.69 Å². The molecule has 0 saturated carbocycles. The largest absolute Gasteiger partial charge is 0.496 e. The van der Waals surface area contributed by atoms with Gasteiger partial charge in [-0.15, -0.1) is 0 Å². The zero-order chi connectivity index (χ0) is 23.3. The molecule has 168 valence electrons. The lowest BCUT2D eigenvalue weighted by molar-refractivity contribution is -0.117. The number of para-hydroxylation sites is 1. The van der Waals surface area contributed by atoms with Gasteiger partial charge >= 0.3 is 0 Å². The number of carbonyl (C=O) groups excluding carboxylic acids is 1.